The van der Waals surface area contributed by atoms with E-state index >= 15 is 0 Å². The molecule has 1 heterocycles. The van der Waals surface area contributed by atoms with E-state index in [4.69, 9.17) is 16.3 Å². The van der Waals surface area contributed by atoms with E-state index in [9.17, 15) is 4.39 Å². The lowest BCUT2D eigenvalue weighted by Gasteiger charge is -2.18. The third-order valence-corrected chi connectivity index (χ3v) is 3.99. The molecule has 0 unspecified atom stereocenters. The highest BCUT2D eigenvalue weighted by molar-refractivity contribution is 6.30. The highest BCUT2D eigenvalue weighted by atomic mass is 35.5. The van der Waals surface area contributed by atoms with E-state index in [2.05, 4.69) is 32.8 Å². The Bertz CT molecular complexity index is 676. The second-order valence-electron chi connectivity index (χ2n) is 7.28. The smallest absolute Gasteiger partial charge is 0.212 e. The van der Waals surface area contributed by atoms with E-state index in [0.717, 1.165) is 31.5 Å². The van der Waals surface area contributed by atoms with Crippen LogP contribution in [0.4, 0.5) is 4.39 Å². The first-order chi connectivity index (χ1) is 11.3. The van der Waals surface area contributed by atoms with Gasteiger partial charge in [0.25, 0.3) is 0 Å². The molecule has 0 aliphatic heterocycles. The third-order valence-electron chi connectivity index (χ3n) is 3.76. The van der Waals surface area contributed by atoms with Gasteiger partial charge in [0.05, 0.1) is 5.69 Å². The fourth-order valence-electron chi connectivity index (χ4n) is 2.35. The molecule has 1 aromatic carbocycles. The molecule has 2 aromatic rings. The van der Waals surface area contributed by atoms with Gasteiger partial charge < -0.3 is 4.74 Å². The number of ether oxygens (including phenoxy) is 1. The Hall–Kier alpha value is -1.55. The van der Waals surface area contributed by atoms with Crippen LogP contribution in [0, 0.1) is 11.2 Å². The largest absolute Gasteiger partial charge is 0.473 e. The summed E-state index contributed by atoms with van der Waals surface area (Å²) in [4.78, 5) is 0. The Morgan fingerprint density at radius 3 is 2.67 bits per heavy atom. The predicted octanol–water partition coefficient (Wildman–Crippen LogP) is 5.64. The number of hydrogen-bond donors (Lipinski definition) is 0. The third kappa shape index (κ3) is 5.52. The summed E-state index contributed by atoms with van der Waals surface area (Å²) in [6.45, 7) is 9.64. The van der Waals surface area contributed by atoms with Crippen LogP contribution in [0.15, 0.2) is 24.3 Å². The van der Waals surface area contributed by atoms with Crippen LogP contribution in [0.2, 0.25) is 5.02 Å². The van der Waals surface area contributed by atoms with Gasteiger partial charge in [0, 0.05) is 23.2 Å². The van der Waals surface area contributed by atoms with Gasteiger partial charge >= 0.3 is 0 Å². The number of aromatic nitrogens is 2. The van der Waals surface area contributed by atoms with E-state index in [1.165, 1.54) is 12.1 Å². The van der Waals surface area contributed by atoms with Crippen LogP contribution in [0.1, 0.15) is 51.8 Å². The van der Waals surface area contributed by atoms with Crippen molar-refractivity contribution in [2.75, 3.05) is 0 Å². The van der Waals surface area contributed by atoms with E-state index < -0.39 is 0 Å². The van der Waals surface area contributed by atoms with Crippen LogP contribution in [0.25, 0.3) is 0 Å². The summed E-state index contributed by atoms with van der Waals surface area (Å²) in [6.07, 6.45) is 2.92. The van der Waals surface area contributed by atoms with E-state index in [1.54, 1.807) is 6.07 Å². The molecule has 132 valence electrons. The van der Waals surface area contributed by atoms with Crippen molar-refractivity contribution in [3.05, 3.63) is 46.4 Å². The zero-order valence-electron chi connectivity index (χ0n) is 14.9. The maximum Gasteiger partial charge on any atom is 0.212 e. The van der Waals surface area contributed by atoms with Crippen molar-refractivity contribution in [1.29, 1.82) is 0 Å². The summed E-state index contributed by atoms with van der Waals surface area (Å²) in [6, 6.07) is 6.45. The van der Waals surface area contributed by atoms with E-state index in [-0.39, 0.29) is 17.8 Å². The van der Waals surface area contributed by atoms with Crippen LogP contribution >= 0.6 is 11.6 Å². The molecule has 0 fully saturated rings. The minimum Gasteiger partial charge on any atom is -0.473 e. The molecule has 5 heteroatoms. The molecule has 0 saturated heterocycles. The van der Waals surface area contributed by atoms with Crippen LogP contribution in [0.3, 0.4) is 0 Å². The predicted molar refractivity (Wildman–Crippen MR) is 96.0 cm³/mol. The molecular weight excluding hydrogens is 327 g/mol. The number of nitrogens with zero attached hydrogens (tertiary/aromatic N) is 2. The molecule has 0 saturated carbocycles. The van der Waals surface area contributed by atoms with E-state index in [0.29, 0.717) is 16.5 Å². The summed E-state index contributed by atoms with van der Waals surface area (Å²) in [7, 11) is 0. The van der Waals surface area contributed by atoms with Crippen molar-refractivity contribution in [2.24, 2.45) is 5.41 Å². The SMILES string of the molecule is CCCc1cc(OCc2cc(Cl)ccc2F)n(CCC(C)(C)C)n1. The molecule has 0 radical (unpaired) electrons. The van der Waals surface area contributed by atoms with Crippen LogP contribution in [0.5, 0.6) is 5.88 Å². The lowest BCUT2D eigenvalue weighted by atomic mass is 9.92. The Kier molecular flexibility index (Phi) is 6.27. The van der Waals surface area contributed by atoms with Crippen molar-refractivity contribution in [2.45, 2.75) is 60.1 Å². The Labute approximate surface area is 148 Å². The molecule has 0 aliphatic carbocycles. The van der Waals surface area contributed by atoms with Gasteiger partial charge in [-0.05, 0) is 36.5 Å². The topological polar surface area (TPSA) is 27.1 Å². The molecule has 3 nitrogen and oxygen atoms in total. The molecule has 2 rings (SSSR count). The maximum absolute atomic E-state index is 13.8. The second-order valence-corrected chi connectivity index (χ2v) is 7.72. The summed E-state index contributed by atoms with van der Waals surface area (Å²) >= 11 is 5.94. The quantitative estimate of drug-likeness (QED) is 0.644. The van der Waals surface area contributed by atoms with Gasteiger partial charge in [-0.25, -0.2) is 9.07 Å². The van der Waals surface area contributed by atoms with E-state index in [1.807, 2.05) is 10.7 Å². The molecule has 0 N–H and O–H groups in total. The van der Waals surface area contributed by atoms with Gasteiger partial charge in [-0.1, -0.05) is 45.7 Å². The highest BCUT2D eigenvalue weighted by Crippen LogP contribution is 2.24. The standard InChI is InChI=1S/C19H26ClFN2O/c1-5-6-16-12-18(23(22-16)10-9-19(2,3)4)24-13-14-11-15(20)7-8-17(14)21/h7-8,11-12H,5-6,9-10,13H2,1-4H3. The molecule has 0 amide bonds. The van der Waals surface area contributed by atoms with Gasteiger partial charge in [0.15, 0.2) is 0 Å². The summed E-state index contributed by atoms with van der Waals surface area (Å²) in [5.74, 6) is 0.371. The first-order valence-electron chi connectivity index (χ1n) is 8.42. The first-order valence-corrected chi connectivity index (χ1v) is 8.80. The average molecular weight is 353 g/mol. The maximum atomic E-state index is 13.8. The fraction of sp³-hybridized carbons (Fsp3) is 0.526. The molecule has 0 aliphatic rings. The Morgan fingerprint density at radius 2 is 2.00 bits per heavy atom. The van der Waals surface area contributed by atoms with Crippen LogP contribution < -0.4 is 4.74 Å². The summed E-state index contributed by atoms with van der Waals surface area (Å²) in [5.41, 5.74) is 1.67. The van der Waals surface area contributed by atoms with Crippen molar-refractivity contribution in [3.63, 3.8) is 0 Å². The fourth-order valence-corrected chi connectivity index (χ4v) is 2.55. The number of benzene rings is 1. The molecule has 0 spiro atoms. The summed E-state index contributed by atoms with van der Waals surface area (Å²) in [5, 5.41) is 5.13. The zero-order valence-corrected chi connectivity index (χ0v) is 15.7. The lowest BCUT2D eigenvalue weighted by molar-refractivity contribution is 0.255. The lowest BCUT2D eigenvalue weighted by Crippen LogP contribution is -2.13. The first kappa shape index (κ1) is 18.8. The molecule has 0 atom stereocenters. The molecular formula is C19H26ClFN2O. The zero-order chi connectivity index (χ0) is 17.7. The van der Waals surface area contributed by atoms with Crippen molar-refractivity contribution in [1.82, 2.24) is 9.78 Å². The van der Waals surface area contributed by atoms with Gasteiger partial charge in [-0.2, -0.15) is 5.10 Å². The van der Waals surface area contributed by atoms with Crippen LogP contribution in [-0.4, -0.2) is 9.78 Å². The number of hydrogen-bond acceptors (Lipinski definition) is 2. The number of rotatable bonds is 7. The molecule has 0 bridgehead atoms. The van der Waals surface area contributed by atoms with Crippen LogP contribution in [-0.2, 0) is 19.6 Å². The van der Waals surface area contributed by atoms with Gasteiger partial charge in [0.1, 0.15) is 12.4 Å². The minimum absolute atomic E-state index is 0.138. The van der Waals surface area contributed by atoms with Gasteiger partial charge in [-0.3, -0.25) is 0 Å². The number of aryl methyl sites for hydroxylation is 2. The highest BCUT2D eigenvalue weighted by Gasteiger charge is 2.15. The average Bonchev–Trinajstić information content (AvgIpc) is 2.88. The van der Waals surface area contributed by atoms with Gasteiger partial charge in [-0.15, -0.1) is 0 Å². The molecule has 1 aromatic heterocycles. The summed E-state index contributed by atoms with van der Waals surface area (Å²) < 4.78 is 21.6. The van der Waals surface area contributed by atoms with Gasteiger partial charge in [0.2, 0.25) is 5.88 Å². The molecule has 24 heavy (non-hydrogen) atoms. The Balaban J connectivity index is 2.13. The van der Waals surface area contributed by atoms with Crippen molar-refractivity contribution < 1.29 is 9.13 Å². The Morgan fingerprint density at radius 1 is 1.25 bits per heavy atom. The minimum atomic E-state index is -0.311. The van der Waals surface area contributed by atoms with Crippen molar-refractivity contribution >= 4 is 11.6 Å². The monoisotopic (exact) mass is 352 g/mol. The second kappa shape index (κ2) is 8.02. The van der Waals surface area contributed by atoms with Crippen molar-refractivity contribution in [3.8, 4) is 5.88 Å². The number of halogens is 2. The normalized spacial score (nSPS) is 11.8.